The normalized spacial score (nSPS) is 31.2. The number of thioether (sulfide) groups is 2. The fourth-order valence-electron chi connectivity index (χ4n) is 3.13. The van der Waals surface area contributed by atoms with Crippen molar-refractivity contribution in [3.05, 3.63) is 11.1 Å². The maximum absolute atomic E-state index is 12.0. The van der Waals surface area contributed by atoms with Crippen molar-refractivity contribution < 1.29 is 4.79 Å². The highest BCUT2D eigenvalue weighted by molar-refractivity contribution is 8.17. The fraction of sp³-hybridized carbons (Fsp3) is 0.769. The summed E-state index contributed by atoms with van der Waals surface area (Å²) in [6.45, 7) is 0. The Kier molecular flexibility index (Phi) is 3.34. The highest BCUT2D eigenvalue weighted by atomic mass is 32.2. The number of hydrogen-bond donors (Lipinski definition) is 0. The summed E-state index contributed by atoms with van der Waals surface area (Å²) in [5.41, 5.74) is 2.80. The smallest absolute Gasteiger partial charge is 0.159 e. The summed E-state index contributed by atoms with van der Waals surface area (Å²) in [5, 5.41) is 0. The average molecular weight is 254 g/mol. The van der Waals surface area contributed by atoms with Crippen molar-refractivity contribution in [1.29, 1.82) is 0 Å². The van der Waals surface area contributed by atoms with Crippen LogP contribution >= 0.6 is 23.5 Å². The van der Waals surface area contributed by atoms with E-state index in [4.69, 9.17) is 0 Å². The van der Waals surface area contributed by atoms with E-state index in [1.54, 1.807) is 5.57 Å². The summed E-state index contributed by atoms with van der Waals surface area (Å²) in [4.78, 5) is 12.0. The SMILES string of the molecule is O=C1CC2CCCC2=C1CC1SCCCS1. The number of allylic oxidation sites excluding steroid dienone is 2. The molecule has 2 aliphatic carbocycles. The van der Waals surface area contributed by atoms with E-state index in [1.165, 1.54) is 42.8 Å². The van der Waals surface area contributed by atoms with Crippen LogP contribution in [0.4, 0.5) is 0 Å². The number of carbonyl (C=O) groups is 1. The Morgan fingerprint density at radius 2 is 2.00 bits per heavy atom. The van der Waals surface area contributed by atoms with Crippen molar-refractivity contribution in [2.75, 3.05) is 11.5 Å². The second-order valence-electron chi connectivity index (χ2n) is 4.95. The van der Waals surface area contributed by atoms with E-state index in [-0.39, 0.29) is 0 Å². The van der Waals surface area contributed by atoms with Gasteiger partial charge in [-0.25, -0.2) is 0 Å². The number of ketones is 1. The van der Waals surface area contributed by atoms with Crippen LogP contribution in [0.25, 0.3) is 0 Å². The Labute approximate surface area is 106 Å². The molecule has 0 aromatic carbocycles. The maximum atomic E-state index is 12.0. The lowest BCUT2D eigenvalue weighted by Gasteiger charge is -2.21. The van der Waals surface area contributed by atoms with Gasteiger partial charge in [-0.3, -0.25) is 4.79 Å². The van der Waals surface area contributed by atoms with Crippen molar-refractivity contribution >= 4 is 29.3 Å². The lowest BCUT2D eigenvalue weighted by atomic mass is 10.0. The van der Waals surface area contributed by atoms with Gasteiger partial charge in [0.25, 0.3) is 0 Å². The molecule has 1 nitrogen and oxygen atoms in total. The van der Waals surface area contributed by atoms with Crippen molar-refractivity contribution in [3.63, 3.8) is 0 Å². The van der Waals surface area contributed by atoms with Gasteiger partial charge in [0.2, 0.25) is 0 Å². The standard InChI is InChI=1S/C13H18OS2/c14-12-7-9-3-1-4-10(9)11(12)8-13-15-5-2-6-16-13/h9,13H,1-8H2. The highest BCUT2D eigenvalue weighted by Gasteiger charge is 2.35. The molecule has 1 aliphatic heterocycles. The van der Waals surface area contributed by atoms with Gasteiger partial charge >= 0.3 is 0 Å². The minimum atomic E-state index is 0.478. The van der Waals surface area contributed by atoms with Crippen LogP contribution in [0.2, 0.25) is 0 Å². The van der Waals surface area contributed by atoms with Gasteiger partial charge in [-0.05, 0) is 55.1 Å². The number of fused-ring (bicyclic) bond motifs is 1. The van der Waals surface area contributed by atoms with Gasteiger partial charge in [0, 0.05) is 6.42 Å². The van der Waals surface area contributed by atoms with Crippen LogP contribution < -0.4 is 0 Å². The maximum Gasteiger partial charge on any atom is 0.159 e. The van der Waals surface area contributed by atoms with Crippen LogP contribution in [0, 0.1) is 5.92 Å². The van der Waals surface area contributed by atoms with Crippen LogP contribution in [0.15, 0.2) is 11.1 Å². The summed E-state index contributed by atoms with van der Waals surface area (Å²) < 4.78 is 0.666. The molecular weight excluding hydrogens is 236 g/mol. The van der Waals surface area contributed by atoms with Gasteiger partial charge in [0.1, 0.15) is 0 Å². The molecule has 1 heterocycles. The first kappa shape index (κ1) is 11.2. The van der Waals surface area contributed by atoms with E-state index in [0.29, 0.717) is 16.3 Å². The van der Waals surface area contributed by atoms with Gasteiger partial charge in [-0.2, -0.15) is 0 Å². The van der Waals surface area contributed by atoms with Crippen LogP contribution in [-0.2, 0) is 4.79 Å². The number of hydrogen-bond acceptors (Lipinski definition) is 3. The Balaban J connectivity index is 1.72. The molecule has 3 aliphatic rings. The monoisotopic (exact) mass is 254 g/mol. The molecule has 2 fully saturated rings. The summed E-state index contributed by atoms with van der Waals surface area (Å²) in [6.07, 6.45) is 7.05. The van der Waals surface area contributed by atoms with E-state index < -0.39 is 0 Å². The topological polar surface area (TPSA) is 17.1 Å². The Morgan fingerprint density at radius 1 is 1.19 bits per heavy atom. The van der Waals surface area contributed by atoms with Crippen molar-refractivity contribution in [3.8, 4) is 0 Å². The van der Waals surface area contributed by atoms with E-state index in [0.717, 1.165) is 12.8 Å². The molecule has 1 unspecified atom stereocenters. The molecule has 1 saturated carbocycles. The molecular formula is C13H18OS2. The Hall–Kier alpha value is 0.110. The van der Waals surface area contributed by atoms with Crippen molar-refractivity contribution in [2.24, 2.45) is 5.92 Å². The molecule has 1 saturated heterocycles. The first-order valence-electron chi connectivity index (χ1n) is 6.33. The molecule has 3 heteroatoms. The van der Waals surface area contributed by atoms with E-state index in [2.05, 4.69) is 23.5 Å². The predicted molar refractivity (Wildman–Crippen MR) is 71.9 cm³/mol. The molecule has 0 radical (unpaired) electrons. The van der Waals surface area contributed by atoms with Crippen LogP contribution in [0.3, 0.4) is 0 Å². The zero-order valence-corrected chi connectivity index (χ0v) is 11.2. The fourth-order valence-corrected chi connectivity index (χ4v) is 5.99. The van der Waals surface area contributed by atoms with Crippen LogP contribution in [0.1, 0.15) is 38.5 Å². The number of carbonyl (C=O) groups excluding carboxylic acids is 1. The number of rotatable bonds is 2. The molecule has 0 bridgehead atoms. The molecule has 0 aromatic heterocycles. The van der Waals surface area contributed by atoms with Crippen LogP contribution in [-0.4, -0.2) is 21.9 Å². The molecule has 0 N–H and O–H groups in total. The third kappa shape index (κ3) is 2.08. The third-order valence-electron chi connectivity index (χ3n) is 3.91. The van der Waals surface area contributed by atoms with Gasteiger partial charge in [0.15, 0.2) is 5.78 Å². The largest absolute Gasteiger partial charge is 0.295 e. The Morgan fingerprint density at radius 3 is 2.81 bits per heavy atom. The molecule has 0 amide bonds. The van der Waals surface area contributed by atoms with Crippen molar-refractivity contribution in [1.82, 2.24) is 0 Å². The van der Waals surface area contributed by atoms with Crippen LogP contribution in [0.5, 0.6) is 0 Å². The predicted octanol–water partition coefficient (Wildman–Crippen LogP) is 3.64. The van der Waals surface area contributed by atoms with E-state index in [1.807, 2.05) is 0 Å². The quantitative estimate of drug-likeness (QED) is 0.749. The third-order valence-corrected chi connectivity index (χ3v) is 6.86. The van der Waals surface area contributed by atoms with Gasteiger partial charge < -0.3 is 0 Å². The first-order valence-corrected chi connectivity index (χ1v) is 8.42. The molecule has 1 atom stereocenters. The first-order chi connectivity index (χ1) is 7.84. The Bertz CT molecular complexity index is 329. The van der Waals surface area contributed by atoms with Gasteiger partial charge in [-0.15, -0.1) is 23.5 Å². The molecule has 16 heavy (non-hydrogen) atoms. The minimum Gasteiger partial charge on any atom is -0.295 e. The lowest BCUT2D eigenvalue weighted by molar-refractivity contribution is -0.115. The molecule has 88 valence electrons. The summed E-state index contributed by atoms with van der Waals surface area (Å²) >= 11 is 4.13. The average Bonchev–Trinajstić information content (AvgIpc) is 2.84. The van der Waals surface area contributed by atoms with E-state index in [9.17, 15) is 4.79 Å². The summed E-state index contributed by atoms with van der Waals surface area (Å²) in [6, 6.07) is 0. The molecule has 3 rings (SSSR count). The van der Waals surface area contributed by atoms with E-state index >= 15 is 0 Å². The minimum absolute atomic E-state index is 0.478. The second kappa shape index (κ2) is 4.77. The summed E-state index contributed by atoms with van der Waals surface area (Å²) in [5.74, 6) is 3.71. The van der Waals surface area contributed by atoms with Gasteiger partial charge in [-0.1, -0.05) is 5.57 Å². The zero-order chi connectivity index (χ0) is 11.0. The lowest BCUT2D eigenvalue weighted by Crippen LogP contribution is -2.10. The molecule has 0 aromatic rings. The van der Waals surface area contributed by atoms with Crippen molar-refractivity contribution in [2.45, 2.75) is 43.1 Å². The number of Topliss-reactive ketones (excluding diaryl/α,β-unsaturated/α-hetero) is 1. The van der Waals surface area contributed by atoms with Gasteiger partial charge in [0.05, 0.1) is 4.58 Å². The zero-order valence-electron chi connectivity index (χ0n) is 9.54. The summed E-state index contributed by atoms with van der Waals surface area (Å²) in [7, 11) is 0. The molecule has 0 spiro atoms. The highest BCUT2D eigenvalue weighted by Crippen LogP contribution is 2.45. The second-order valence-corrected chi connectivity index (χ2v) is 7.87.